The van der Waals surface area contributed by atoms with Crippen LogP contribution in [-0.2, 0) is 4.74 Å². The van der Waals surface area contributed by atoms with Gasteiger partial charge in [0.15, 0.2) is 6.10 Å². The van der Waals surface area contributed by atoms with E-state index in [1.165, 1.54) is 12.1 Å². The number of benzene rings is 1. The van der Waals surface area contributed by atoms with Crippen LogP contribution >= 0.6 is 11.6 Å². The van der Waals surface area contributed by atoms with Gasteiger partial charge in [-0.1, -0.05) is 25.1 Å². The van der Waals surface area contributed by atoms with Crippen molar-refractivity contribution in [2.24, 2.45) is 0 Å². The molecule has 0 bridgehead atoms. The molecule has 28 heavy (non-hydrogen) atoms. The standard InChI is InChI=1S/C17H16ClF2N3O5/c1-3-13(8(2)24)28-16(26)10-6-9(4-5-11(10)18)22-14(25)7-12(15(19)20)23(21)17(22)27/h4-7,13,15,24H,2-3,21H2,1H3. The lowest BCUT2D eigenvalue weighted by Crippen LogP contribution is -2.43. The number of aromatic nitrogens is 2. The molecule has 8 nitrogen and oxygen atoms in total. The van der Waals surface area contributed by atoms with Crippen LogP contribution in [-0.4, -0.2) is 26.4 Å². The highest BCUT2D eigenvalue weighted by Gasteiger charge is 2.22. The number of esters is 1. The van der Waals surface area contributed by atoms with Crippen LogP contribution in [0, 0.1) is 0 Å². The predicted molar refractivity (Wildman–Crippen MR) is 97.7 cm³/mol. The Morgan fingerprint density at radius 1 is 1.36 bits per heavy atom. The van der Waals surface area contributed by atoms with Crippen LogP contribution in [0.4, 0.5) is 8.78 Å². The summed E-state index contributed by atoms with van der Waals surface area (Å²) in [6.07, 6.45) is -3.87. The van der Waals surface area contributed by atoms with Gasteiger partial charge >= 0.3 is 11.7 Å². The lowest BCUT2D eigenvalue weighted by molar-refractivity contribution is 0.0284. The minimum Gasteiger partial charge on any atom is -0.509 e. The summed E-state index contributed by atoms with van der Waals surface area (Å²) in [4.78, 5) is 36.8. The molecule has 1 atom stereocenters. The predicted octanol–water partition coefficient (Wildman–Crippen LogP) is 2.31. The monoisotopic (exact) mass is 415 g/mol. The molecule has 2 aromatic rings. The van der Waals surface area contributed by atoms with Crippen molar-refractivity contribution in [1.82, 2.24) is 9.24 Å². The molecule has 0 spiro atoms. The van der Waals surface area contributed by atoms with Gasteiger partial charge in [-0.3, -0.25) is 4.79 Å². The minimum atomic E-state index is -3.13. The van der Waals surface area contributed by atoms with Crippen molar-refractivity contribution in [3.63, 3.8) is 0 Å². The molecule has 2 rings (SSSR count). The molecule has 0 amide bonds. The number of nitrogens with two attached hydrogens (primary N) is 1. The van der Waals surface area contributed by atoms with Gasteiger partial charge in [0.05, 0.1) is 16.3 Å². The van der Waals surface area contributed by atoms with Gasteiger partial charge in [-0.25, -0.2) is 27.6 Å². The van der Waals surface area contributed by atoms with Crippen LogP contribution in [0.15, 0.2) is 46.2 Å². The number of carbonyl (C=O) groups excluding carboxylic acids is 1. The minimum absolute atomic E-state index is 0.0579. The van der Waals surface area contributed by atoms with Gasteiger partial charge < -0.3 is 15.7 Å². The van der Waals surface area contributed by atoms with Crippen molar-refractivity contribution in [1.29, 1.82) is 0 Å². The Labute approximate surface area is 162 Å². The zero-order valence-electron chi connectivity index (χ0n) is 14.6. The first kappa shape index (κ1) is 21.2. The summed E-state index contributed by atoms with van der Waals surface area (Å²) in [5, 5.41) is 9.36. The molecular formula is C17H16ClF2N3O5. The molecular weight excluding hydrogens is 400 g/mol. The van der Waals surface area contributed by atoms with E-state index in [0.29, 0.717) is 10.6 Å². The van der Waals surface area contributed by atoms with Crippen molar-refractivity contribution in [3.8, 4) is 5.69 Å². The van der Waals surface area contributed by atoms with Crippen molar-refractivity contribution < 1.29 is 23.4 Å². The highest BCUT2D eigenvalue weighted by Crippen LogP contribution is 2.22. The summed E-state index contributed by atoms with van der Waals surface area (Å²) in [5.41, 5.74) is -3.61. The normalized spacial score (nSPS) is 12.0. The number of alkyl halides is 2. The fourth-order valence-electron chi connectivity index (χ4n) is 2.37. The summed E-state index contributed by atoms with van der Waals surface area (Å²) in [6.45, 7) is 4.94. The Bertz CT molecular complexity index is 1050. The fraction of sp³-hybridized carbons (Fsp3) is 0.235. The van der Waals surface area contributed by atoms with Gasteiger partial charge in [-0.15, -0.1) is 0 Å². The molecule has 11 heteroatoms. The van der Waals surface area contributed by atoms with E-state index in [1.807, 2.05) is 0 Å². The van der Waals surface area contributed by atoms with Gasteiger partial charge in [-0.2, -0.15) is 0 Å². The molecule has 150 valence electrons. The maximum absolute atomic E-state index is 12.9. The number of ether oxygens (including phenoxy) is 1. The van der Waals surface area contributed by atoms with Crippen LogP contribution in [0.5, 0.6) is 0 Å². The molecule has 0 aliphatic rings. The van der Waals surface area contributed by atoms with Crippen molar-refractivity contribution in [3.05, 3.63) is 73.7 Å². The molecule has 0 radical (unpaired) electrons. The zero-order chi connectivity index (χ0) is 21.2. The molecule has 0 saturated carbocycles. The van der Waals surface area contributed by atoms with E-state index in [0.717, 1.165) is 6.07 Å². The van der Waals surface area contributed by atoms with E-state index in [-0.39, 0.29) is 33.1 Å². The second kappa shape index (κ2) is 8.26. The summed E-state index contributed by atoms with van der Waals surface area (Å²) < 4.78 is 31.5. The lowest BCUT2D eigenvalue weighted by atomic mass is 10.2. The quantitative estimate of drug-likeness (QED) is 0.425. The van der Waals surface area contributed by atoms with Gasteiger partial charge in [0, 0.05) is 6.07 Å². The highest BCUT2D eigenvalue weighted by molar-refractivity contribution is 6.33. The number of hydrogen-bond donors (Lipinski definition) is 2. The summed E-state index contributed by atoms with van der Waals surface area (Å²) >= 11 is 5.98. The lowest BCUT2D eigenvalue weighted by Gasteiger charge is -2.16. The number of aliphatic hydroxyl groups excluding tert-OH is 1. The first-order valence-electron chi connectivity index (χ1n) is 7.89. The Morgan fingerprint density at radius 2 is 2.00 bits per heavy atom. The highest BCUT2D eigenvalue weighted by atomic mass is 35.5. The summed E-state index contributed by atoms with van der Waals surface area (Å²) in [6, 6.07) is 4.03. The first-order valence-corrected chi connectivity index (χ1v) is 8.27. The molecule has 1 aromatic carbocycles. The number of halogens is 3. The topological polar surface area (TPSA) is 117 Å². The number of aliphatic hydroxyl groups is 1. The van der Waals surface area contributed by atoms with Gasteiger partial charge in [-0.05, 0) is 24.6 Å². The van der Waals surface area contributed by atoms with E-state index < -0.39 is 35.4 Å². The van der Waals surface area contributed by atoms with Crippen molar-refractivity contribution in [2.45, 2.75) is 25.9 Å². The molecule has 0 aliphatic heterocycles. The Kier molecular flexibility index (Phi) is 6.24. The second-order valence-electron chi connectivity index (χ2n) is 5.65. The van der Waals surface area contributed by atoms with E-state index in [1.54, 1.807) is 6.92 Å². The second-order valence-corrected chi connectivity index (χ2v) is 6.06. The summed E-state index contributed by atoms with van der Waals surface area (Å²) in [5.74, 6) is 4.03. The molecule has 0 saturated heterocycles. The average Bonchev–Trinajstić information content (AvgIpc) is 2.63. The van der Waals surface area contributed by atoms with Crippen molar-refractivity contribution >= 4 is 17.6 Å². The number of nitrogens with zero attached hydrogens (tertiary/aromatic N) is 2. The molecule has 1 aromatic heterocycles. The summed E-state index contributed by atoms with van der Waals surface area (Å²) in [7, 11) is 0. The molecule has 1 heterocycles. The fourth-order valence-corrected chi connectivity index (χ4v) is 2.56. The first-order chi connectivity index (χ1) is 13.1. The van der Waals surface area contributed by atoms with Gasteiger partial charge in [0.2, 0.25) is 0 Å². The average molecular weight is 416 g/mol. The molecule has 3 N–H and O–H groups in total. The van der Waals surface area contributed by atoms with E-state index >= 15 is 0 Å². The molecule has 1 unspecified atom stereocenters. The number of nitrogen functional groups attached to an aromatic ring is 1. The molecule has 0 aliphatic carbocycles. The van der Waals surface area contributed by atoms with E-state index in [9.17, 15) is 28.3 Å². The Morgan fingerprint density at radius 3 is 2.54 bits per heavy atom. The number of hydrogen-bond acceptors (Lipinski definition) is 6. The third-order valence-corrected chi connectivity index (χ3v) is 4.14. The smallest absolute Gasteiger partial charge is 0.354 e. The van der Waals surface area contributed by atoms with Gasteiger partial charge in [0.25, 0.3) is 12.0 Å². The van der Waals surface area contributed by atoms with Crippen LogP contribution < -0.4 is 17.1 Å². The zero-order valence-corrected chi connectivity index (χ0v) is 15.3. The van der Waals surface area contributed by atoms with Crippen LogP contribution in [0.1, 0.15) is 35.8 Å². The SMILES string of the molecule is C=C(O)C(CC)OC(=O)c1cc(-n2c(=O)cc(C(F)F)n(N)c2=O)ccc1Cl. The third-order valence-electron chi connectivity index (χ3n) is 3.81. The Hall–Kier alpha value is -3.14. The van der Waals surface area contributed by atoms with E-state index in [4.69, 9.17) is 22.2 Å². The Balaban J connectivity index is 2.56. The number of rotatable bonds is 6. The van der Waals surface area contributed by atoms with Crippen LogP contribution in [0.25, 0.3) is 5.69 Å². The maximum Gasteiger partial charge on any atom is 0.354 e. The maximum atomic E-state index is 12.9. The number of carbonyl (C=O) groups is 1. The van der Waals surface area contributed by atoms with Crippen LogP contribution in [0.2, 0.25) is 5.02 Å². The molecule has 0 fully saturated rings. The van der Waals surface area contributed by atoms with E-state index in [2.05, 4.69) is 6.58 Å². The largest absolute Gasteiger partial charge is 0.509 e. The third kappa shape index (κ3) is 4.06. The van der Waals surface area contributed by atoms with Crippen molar-refractivity contribution in [2.75, 3.05) is 5.84 Å². The van der Waals surface area contributed by atoms with Crippen LogP contribution in [0.3, 0.4) is 0 Å². The van der Waals surface area contributed by atoms with Gasteiger partial charge in [0.1, 0.15) is 11.5 Å².